The number of halogens is 4. The van der Waals surface area contributed by atoms with Gasteiger partial charge >= 0.3 is 0 Å². The number of nitrogens with zero attached hydrogens (tertiary/aromatic N) is 3. The Labute approximate surface area is 185 Å². The largest absolute Gasteiger partial charge is 0.363 e. The van der Waals surface area contributed by atoms with Crippen molar-refractivity contribution in [2.75, 3.05) is 18.1 Å². The molecular weight excluding hydrogens is 427 g/mol. The smallest absolute Gasteiger partial charge is 0.194 e. The van der Waals surface area contributed by atoms with E-state index in [4.69, 9.17) is 16.4 Å². The summed E-state index contributed by atoms with van der Waals surface area (Å²) >= 11 is 6.25. The highest BCUT2D eigenvalue weighted by Gasteiger charge is 2.30. The van der Waals surface area contributed by atoms with E-state index in [-0.39, 0.29) is 29.2 Å². The first-order valence-electron chi connectivity index (χ1n) is 10.4. The number of benzene rings is 2. The van der Waals surface area contributed by atoms with Crippen molar-refractivity contribution in [1.82, 2.24) is 5.06 Å². The van der Waals surface area contributed by atoms with Gasteiger partial charge < -0.3 is 4.90 Å². The van der Waals surface area contributed by atoms with Crippen molar-refractivity contribution < 1.29 is 18.0 Å². The van der Waals surface area contributed by atoms with Gasteiger partial charge in [0.25, 0.3) is 0 Å². The van der Waals surface area contributed by atoms with Crippen molar-refractivity contribution in [2.45, 2.75) is 51.7 Å². The summed E-state index contributed by atoms with van der Waals surface area (Å²) in [6, 6.07) is 9.35. The van der Waals surface area contributed by atoms with Gasteiger partial charge in [-0.05, 0) is 43.5 Å². The monoisotopic (exact) mass is 451 g/mol. The molecule has 0 aliphatic carbocycles. The summed E-state index contributed by atoms with van der Waals surface area (Å²) in [6.45, 7) is 5.26. The molecule has 8 heteroatoms. The second-order valence-electron chi connectivity index (χ2n) is 7.58. The molecule has 2 aromatic rings. The van der Waals surface area contributed by atoms with Crippen molar-refractivity contribution in [1.29, 1.82) is 5.26 Å². The van der Waals surface area contributed by atoms with Crippen LogP contribution in [0.15, 0.2) is 30.3 Å². The Bertz CT molecular complexity index is 962. The van der Waals surface area contributed by atoms with Gasteiger partial charge in [0.1, 0.15) is 6.07 Å². The van der Waals surface area contributed by atoms with Crippen molar-refractivity contribution in [3.05, 3.63) is 63.9 Å². The van der Waals surface area contributed by atoms with Crippen LogP contribution in [0, 0.1) is 28.8 Å². The molecule has 1 aliphatic heterocycles. The van der Waals surface area contributed by atoms with Crippen LogP contribution in [0.1, 0.15) is 44.2 Å². The summed E-state index contributed by atoms with van der Waals surface area (Å²) in [7, 11) is 0. The Balaban J connectivity index is 1.97. The molecule has 0 spiro atoms. The first-order valence-corrected chi connectivity index (χ1v) is 10.8. The first-order chi connectivity index (χ1) is 14.9. The van der Waals surface area contributed by atoms with Crippen molar-refractivity contribution in [2.24, 2.45) is 0 Å². The molecule has 0 saturated carbocycles. The van der Waals surface area contributed by atoms with E-state index in [2.05, 4.69) is 13.8 Å². The van der Waals surface area contributed by atoms with Crippen LogP contribution >= 0.6 is 11.6 Å². The van der Waals surface area contributed by atoms with Gasteiger partial charge in [-0.25, -0.2) is 13.2 Å². The van der Waals surface area contributed by atoms with Gasteiger partial charge in [0, 0.05) is 36.4 Å². The molecule has 2 aromatic carbocycles. The molecule has 166 valence electrons. The zero-order chi connectivity index (χ0) is 22.5. The molecule has 0 unspecified atom stereocenters. The second-order valence-corrected chi connectivity index (χ2v) is 7.99. The Kier molecular flexibility index (Phi) is 7.82. The molecule has 4 nitrogen and oxygen atoms in total. The van der Waals surface area contributed by atoms with Crippen molar-refractivity contribution in [3.8, 4) is 6.07 Å². The van der Waals surface area contributed by atoms with Gasteiger partial charge in [-0.2, -0.15) is 10.3 Å². The molecule has 1 fully saturated rings. The fourth-order valence-electron chi connectivity index (χ4n) is 3.94. The lowest BCUT2D eigenvalue weighted by atomic mass is 10.0. The zero-order valence-electron chi connectivity index (χ0n) is 17.5. The van der Waals surface area contributed by atoms with Crippen LogP contribution in [0.4, 0.5) is 18.9 Å². The van der Waals surface area contributed by atoms with Crippen molar-refractivity contribution >= 4 is 17.3 Å². The third kappa shape index (κ3) is 5.15. The van der Waals surface area contributed by atoms with Crippen LogP contribution in [0.2, 0.25) is 5.02 Å². The third-order valence-corrected chi connectivity index (χ3v) is 6.06. The van der Waals surface area contributed by atoms with Gasteiger partial charge in [0.05, 0.1) is 17.2 Å². The zero-order valence-corrected chi connectivity index (χ0v) is 18.3. The number of rotatable bonds is 7. The lowest BCUT2D eigenvalue weighted by Crippen LogP contribution is -2.51. The van der Waals surface area contributed by atoms with Crippen molar-refractivity contribution in [3.63, 3.8) is 0 Å². The average molecular weight is 452 g/mol. The topological polar surface area (TPSA) is 39.5 Å². The quantitative estimate of drug-likeness (QED) is 0.496. The summed E-state index contributed by atoms with van der Waals surface area (Å²) in [4.78, 5) is 7.78. The van der Waals surface area contributed by atoms with E-state index >= 15 is 0 Å². The van der Waals surface area contributed by atoms with Crippen LogP contribution in [-0.4, -0.2) is 30.3 Å². The minimum atomic E-state index is -1.49. The van der Waals surface area contributed by atoms with Gasteiger partial charge in [-0.15, -0.1) is 0 Å². The predicted molar refractivity (Wildman–Crippen MR) is 114 cm³/mol. The van der Waals surface area contributed by atoms with Crippen LogP contribution in [-0.2, 0) is 11.4 Å². The highest BCUT2D eigenvalue weighted by molar-refractivity contribution is 6.32. The Morgan fingerprint density at radius 1 is 1.19 bits per heavy atom. The summed E-state index contributed by atoms with van der Waals surface area (Å²) < 4.78 is 41.8. The number of anilines is 1. The molecule has 0 aromatic heterocycles. The number of hydrogen-bond acceptors (Lipinski definition) is 4. The number of hydroxylamine groups is 2. The maximum atomic E-state index is 14.5. The maximum Gasteiger partial charge on any atom is 0.194 e. The van der Waals surface area contributed by atoms with E-state index < -0.39 is 17.5 Å². The van der Waals surface area contributed by atoms with Gasteiger partial charge in [-0.3, -0.25) is 4.84 Å². The van der Waals surface area contributed by atoms with Crippen LogP contribution in [0.3, 0.4) is 0 Å². The number of hydrogen-bond donors (Lipinski definition) is 0. The average Bonchev–Trinajstić information content (AvgIpc) is 2.78. The van der Waals surface area contributed by atoms with Gasteiger partial charge in [-0.1, -0.05) is 31.5 Å². The third-order valence-electron chi connectivity index (χ3n) is 5.75. The number of nitriles is 1. The fourth-order valence-corrected chi connectivity index (χ4v) is 4.16. The highest BCUT2D eigenvalue weighted by Crippen LogP contribution is 2.30. The molecule has 1 atom stereocenters. The summed E-state index contributed by atoms with van der Waals surface area (Å²) in [6.07, 6.45) is 2.51. The van der Waals surface area contributed by atoms with E-state index in [9.17, 15) is 18.4 Å². The summed E-state index contributed by atoms with van der Waals surface area (Å²) in [5, 5.41) is 11.4. The second kappa shape index (κ2) is 10.4. The minimum absolute atomic E-state index is 0.0205. The standard InChI is InChI=1S/C23H25ClF3N3O/c1-3-17(4-2)30-14-19(9-10-31-30)29(18-7-5-15(12-28)20(24)11-18)13-16-6-8-21(25)23(27)22(16)26/h5-8,11,17,19H,3-4,9-10,13-14H2,1-2H3/t19-/m0/s1. The van der Waals surface area contributed by atoms with Crippen LogP contribution in [0.5, 0.6) is 0 Å². The molecule has 0 N–H and O–H groups in total. The Hall–Kier alpha value is -2.27. The molecule has 1 saturated heterocycles. The lowest BCUT2D eigenvalue weighted by molar-refractivity contribution is -0.211. The molecule has 3 rings (SSSR count). The summed E-state index contributed by atoms with van der Waals surface area (Å²) in [5.74, 6) is -3.91. The highest BCUT2D eigenvalue weighted by atomic mass is 35.5. The summed E-state index contributed by atoms with van der Waals surface area (Å²) in [5.41, 5.74) is 1.04. The molecular formula is C23H25ClF3N3O. The lowest BCUT2D eigenvalue weighted by Gasteiger charge is -2.42. The minimum Gasteiger partial charge on any atom is -0.363 e. The van der Waals surface area contributed by atoms with Crippen LogP contribution < -0.4 is 4.90 Å². The normalized spacial score (nSPS) is 17.0. The Morgan fingerprint density at radius 3 is 2.58 bits per heavy atom. The molecule has 1 aliphatic rings. The van der Waals surface area contributed by atoms with Crippen LogP contribution in [0.25, 0.3) is 0 Å². The molecule has 0 radical (unpaired) electrons. The van der Waals surface area contributed by atoms with E-state index in [1.807, 2.05) is 16.0 Å². The predicted octanol–water partition coefficient (Wildman–Crippen LogP) is 5.83. The van der Waals surface area contributed by atoms with E-state index in [0.29, 0.717) is 30.8 Å². The SMILES string of the molecule is CCC(CC)N1C[C@@H](N(Cc2ccc(F)c(F)c2F)c2ccc(C#N)c(Cl)c2)CCO1. The first kappa shape index (κ1) is 23.4. The molecule has 31 heavy (non-hydrogen) atoms. The Morgan fingerprint density at radius 2 is 1.94 bits per heavy atom. The molecule has 1 heterocycles. The van der Waals surface area contributed by atoms with E-state index in [1.54, 1.807) is 18.2 Å². The van der Waals surface area contributed by atoms with E-state index in [0.717, 1.165) is 18.9 Å². The molecule has 0 amide bonds. The molecule has 0 bridgehead atoms. The van der Waals surface area contributed by atoms with Gasteiger partial charge in [0.2, 0.25) is 0 Å². The van der Waals surface area contributed by atoms with E-state index in [1.165, 1.54) is 6.07 Å². The maximum absolute atomic E-state index is 14.5. The van der Waals surface area contributed by atoms with Gasteiger partial charge in [0.15, 0.2) is 17.5 Å². The fraction of sp³-hybridized carbons (Fsp3) is 0.435.